The van der Waals surface area contributed by atoms with Gasteiger partial charge in [0, 0.05) is 7.05 Å². The Balaban J connectivity index is 1.55. The zero-order chi connectivity index (χ0) is 19.4. The van der Waals surface area contributed by atoms with Gasteiger partial charge >= 0.3 is 6.03 Å². The van der Waals surface area contributed by atoms with Crippen molar-refractivity contribution < 1.29 is 18.4 Å². The normalized spacial score (nSPS) is 10.6. The fourth-order valence-corrected chi connectivity index (χ4v) is 3.01. The number of aryl methyl sites for hydroxylation is 1. The second-order valence-corrected chi connectivity index (χ2v) is 6.47. The molecule has 0 radical (unpaired) electrons. The first kappa shape index (κ1) is 18.6. The molecule has 0 saturated heterocycles. The Bertz CT molecular complexity index is 985. The Morgan fingerprint density at radius 2 is 2.04 bits per heavy atom. The molecule has 2 N–H and O–H groups in total. The molecule has 3 rings (SSSR count). The van der Waals surface area contributed by atoms with E-state index in [2.05, 4.69) is 20.8 Å². The van der Waals surface area contributed by atoms with Crippen molar-refractivity contribution in [1.82, 2.24) is 20.1 Å². The average molecular weight is 389 g/mol. The predicted octanol–water partition coefficient (Wildman–Crippen LogP) is 2.96. The number of benzene rings is 1. The van der Waals surface area contributed by atoms with E-state index in [0.29, 0.717) is 16.7 Å². The number of carbonyl (C=O) groups is 2. The largest absolute Gasteiger partial charge is 0.469 e. The van der Waals surface area contributed by atoms with E-state index in [1.807, 2.05) is 6.92 Å². The lowest BCUT2D eigenvalue weighted by molar-refractivity contribution is -0.117. The van der Waals surface area contributed by atoms with Gasteiger partial charge in [0.15, 0.2) is 11.0 Å². The number of para-hydroxylation sites is 1. The van der Waals surface area contributed by atoms with Crippen molar-refractivity contribution in [3.05, 3.63) is 48.2 Å². The summed E-state index contributed by atoms with van der Waals surface area (Å²) in [6.07, 6.45) is 1.56. The number of thioether (sulfide) groups is 1. The molecule has 0 atom stereocenters. The first-order valence-electron chi connectivity index (χ1n) is 7.87. The molecule has 0 bridgehead atoms. The molecule has 0 saturated carbocycles. The third kappa shape index (κ3) is 4.34. The van der Waals surface area contributed by atoms with Gasteiger partial charge in [-0.05, 0) is 25.1 Å². The van der Waals surface area contributed by atoms with Crippen molar-refractivity contribution in [3.63, 3.8) is 0 Å². The summed E-state index contributed by atoms with van der Waals surface area (Å²) in [6, 6.07) is 6.66. The Kier molecular flexibility index (Phi) is 5.55. The molecule has 0 aliphatic rings. The quantitative estimate of drug-likeness (QED) is 0.651. The van der Waals surface area contributed by atoms with Gasteiger partial charge in [0.25, 0.3) is 0 Å². The Labute approximate surface area is 158 Å². The SMILES string of the molecule is Cc1occc1-c1nnc(SCC(=O)NC(=O)Nc2ccccc2F)n1C. The van der Waals surface area contributed by atoms with E-state index in [1.54, 1.807) is 30.0 Å². The Morgan fingerprint density at radius 1 is 1.26 bits per heavy atom. The van der Waals surface area contributed by atoms with Gasteiger partial charge in [-0.2, -0.15) is 0 Å². The summed E-state index contributed by atoms with van der Waals surface area (Å²) >= 11 is 1.12. The maximum Gasteiger partial charge on any atom is 0.325 e. The highest BCUT2D eigenvalue weighted by atomic mass is 32.2. The Hall–Kier alpha value is -3.14. The van der Waals surface area contributed by atoms with Crippen LogP contribution in [-0.2, 0) is 11.8 Å². The minimum Gasteiger partial charge on any atom is -0.469 e. The summed E-state index contributed by atoms with van der Waals surface area (Å²) in [5, 5.41) is 13.1. The minimum atomic E-state index is -0.807. The first-order valence-corrected chi connectivity index (χ1v) is 8.86. The van der Waals surface area contributed by atoms with E-state index in [4.69, 9.17) is 4.42 Å². The predicted molar refractivity (Wildman–Crippen MR) is 97.7 cm³/mol. The monoisotopic (exact) mass is 389 g/mol. The second kappa shape index (κ2) is 8.04. The molecule has 3 aromatic rings. The molecular formula is C17H16FN5O3S. The number of hydrogen-bond acceptors (Lipinski definition) is 6. The molecule has 2 aromatic heterocycles. The lowest BCUT2D eigenvalue weighted by Gasteiger charge is -2.07. The van der Waals surface area contributed by atoms with E-state index in [1.165, 1.54) is 18.2 Å². The van der Waals surface area contributed by atoms with E-state index in [0.717, 1.165) is 17.3 Å². The van der Waals surface area contributed by atoms with Crippen molar-refractivity contribution in [2.24, 2.45) is 7.05 Å². The summed E-state index contributed by atoms with van der Waals surface area (Å²) in [5.41, 5.74) is 0.800. The van der Waals surface area contributed by atoms with Crippen LogP contribution in [-0.4, -0.2) is 32.5 Å². The molecule has 0 spiro atoms. The zero-order valence-electron chi connectivity index (χ0n) is 14.5. The van der Waals surface area contributed by atoms with E-state index in [-0.39, 0.29) is 11.4 Å². The fourth-order valence-electron chi connectivity index (χ4n) is 2.30. The van der Waals surface area contributed by atoms with Crippen LogP contribution < -0.4 is 10.6 Å². The highest BCUT2D eigenvalue weighted by molar-refractivity contribution is 7.99. The van der Waals surface area contributed by atoms with Crippen LogP contribution >= 0.6 is 11.8 Å². The van der Waals surface area contributed by atoms with Gasteiger partial charge in [-0.15, -0.1) is 10.2 Å². The van der Waals surface area contributed by atoms with Crippen molar-refractivity contribution in [3.8, 4) is 11.4 Å². The molecule has 8 nitrogen and oxygen atoms in total. The molecule has 10 heteroatoms. The number of halogens is 1. The number of nitrogens with zero attached hydrogens (tertiary/aromatic N) is 3. The third-order valence-corrected chi connectivity index (χ3v) is 4.66. The van der Waals surface area contributed by atoms with Crippen LogP contribution in [0.2, 0.25) is 0 Å². The van der Waals surface area contributed by atoms with E-state index < -0.39 is 17.8 Å². The highest BCUT2D eigenvalue weighted by Gasteiger charge is 2.16. The highest BCUT2D eigenvalue weighted by Crippen LogP contribution is 2.25. The average Bonchev–Trinajstić information content (AvgIpc) is 3.20. The second-order valence-electron chi connectivity index (χ2n) is 5.53. The van der Waals surface area contributed by atoms with Crippen molar-refractivity contribution >= 4 is 29.4 Å². The summed E-state index contributed by atoms with van der Waals surface area (Å²) in [5.74, 6) is 0.140. The van der Waals surface area contributed by atoms with Crippen LogP contribution in [0.25, 0.3) is 11.4 Å². The number of rotatable bonds is 5. The van der Waals surface area contributed by atoms with Crippen molar-refractivity contribution in [1.29, 1.82) is 0 Å². The van der Waals surface area contributed by atoms with Gasteiger partial charge in [0.1, 0.15) is 11.6 Å². The number of imide groups is 1. The van der Waals surface area contributed by atoms with Crippen molar-refractivity contribution in [2.45, 2.75) is 12.1 Å². The Morgan fingerprint density at radius 3 is 2.74 bits per heavy atom. The summed E-state index contributed by atoms with van der Waals surface area (Å²) < 4.78 is 20.5. The van der Waals surface area contributed by atoms with Crippen LogP contribution in [0.5, 0.6) is 0 Å². The number of carbonyl (C=O) groups excluding carboxylic acids is 2. The molecule has 27 heavy (non-hydrogen) atoms. The van der Waals surface area contributed by atoms with E-state index in [9.17, 15) is 14.0 Å². The minimum absolute atomic E-state index is 0.0103. The van der Waals surface area contributed by atoms with Crippen molar-refractivity contribution in [2.75, 3.05) is 11.1 Å². The number of hydrogen-bond donors (Lipinski definition) is 2. The number of amides is 3. The fraction of sp³-hybridized carbons (Fsp3) is 0.176. The van der Waals surface area contributed by atoms with Crippen LogP contribution in [0.15, 0.2) is 46.2 Å². The van der Waals surface area contributed by atoms with Gasteiger partial charge in [-0.25, -0.2) is 9.18 Å². The maximum absolute atomic E-state index is 13.5. The van der Waals surface area contributed by atoms with Gasteiger partial charge in [0.05, 0.1) is 23.3 Å². The smallest absolute Gasteiger partial charge is 0.325 e. The molecule has 2 heterocycles. The number of anilines is 1. The van der Waals surface area contributed by atoms with Gasteiger partial charge in [0.2, 0.25) is 5.91 Å². The molecule has 1 aromatic carbocycles. The lowest BCUT2D eigenvalue weighted by atomic mass is 10.2. The topological polar surface area (TPSA) is 102 Å². The first-order chi connectivity index (χ1) is 13.0. The van der Waals surface area contributed by atoms with Gasteiger partial charge in [-0.1, -0.05) is 23.9 Å². The van der Waals surface area contributed by atoms with Gasteiger partial charge in [-0.3, -0.25) is 10.1 Å². The molecule has 0 unspecified atom stereocenters. The molecular weight excluding hydrogens is 373 g/mol. The number of nitrogens with one attached hydrogen (secondary N) is 2. The van der Waals surface area contributed by atoms with Crippen LogP contribution in [0.3, 0.4) is 0 Å². The van der Waals surface area contributed by atoms with Crippen LogP contribution in [0.1, 0.15) is 5.76 Å². The maximum atomic E-state index is 13.5. The number of furan rings is 1. The third-order valence-electron chi connectivity index (χ3n) is 3.64. The van der Waals surface area contributed by atoms with E-state index >= 15 is 0 Å². The molecule has 0 aliphatic carbocycles. The standard InChI is InChI=1S/C17H16FN5O3S/c1-10-11(7-8-26-10)15-21-22-17(23(15)2)27-9-14(24)20-16(25)19-13-6-4-3-5-12(13)18/h3-8H,9H2,1-2H3,(H2,19,20,24,25). The summed E-state index contributed by atoms with van der Waals surface area (Å²) in [4.78, 5) is 23.7. The number of aromatic nitrogens is 3. The summed E-state index contributed by atoms with van der Waals surface area (Å²) in [7, 11) is 1.77. The molecule has 140 valence electrons. The molecule has 3 amide bonds. The molecule has 0 fully saturated rings. The summed E-state index contributed by atoms with van der Waals surface area (Å²) in [6.45, 7) is 1.82. The van der Waals surface area contributed by atoms with Crippen LogP contribution in [0, 0.1) is 12.7 Å². The lowest BCUT2D eigenvalue weighted by Crippen LogP contribution is -2.35. The van der Waals surface area contributed by atoms with Gasteiger partial charge < -0.3 is 14.3 Å². The van der Waals surface area contributed by atoms with Crippen LogP contribution in [0.4, 0.5) is 14.9 Å². The zero-order valence-corrected chi connectivity index (χ0v) is 15.3. The molecule has 0 aliphatic heterocycles. The number of urea groups is 1.